The third-order valence-electron chi connectivity index (χ3n) is 5.49. The van der Waals surface area contributed by atoms with Gasteiger partial charge in [-0.15, -0.1) is 0 Å². The first-order chi connectivity index (χ1) is 15.9. The van der Waals surface area contributed by atoms with Gasteiger partial charge in [-0.3, -0.25) is 9.52 Å². The van der Waals surface area contributed by atoms with Gasteiger partial charge >= 0.3 is 0 Å². The molecule has 0 saturated carbocycles. The Bertz CT molecular complexity index is 1270. The molecule has 0 spiro atoms. The predicted molar refractivity (Wildman–Crippen MR) is 129 cm³/mol. The maximum atomic E-state index is 13.4. The van der Waals surface area contributed by atoms with Gasteiger partial charge in [0.05, 0.1) is 24.6 Å². The molecule has 0 fully saturated rings. The summed E-state index contributed by atoms with van der Waals surface area (Å²) in [4.78, 5) is 13.4. The summed E-state index contributed by atoms with van der Waals surface area (Å²) < 4.78 is 31.4. The zero-order chi connectivity index (χ0) is 23.4. The van der Waals surface area contributed by atoms with Crippen LogP contribution in [0, 0.1) is 0 Å². The molecule has 0 unspecified atom stereocenters. The lowest BCUT2D eigenvalue weighted by atomic mass is 9.98. The van der Waals surface area contributed by atoms with Crippen molar-refractivity contribution >= 4 is 27.3 Å². The van der Waals surface area contributed by atoms with Crippen molar-refractivity contribution < 1.29 is 17.9 Å². The molecular formula is C25H25N3O4S. The lowest BCUT2D eigenvalue weighted by Gasteiger charge is -2.22. The highest BCUT2D eigenvalue weighted by atomic mass is 32.2. The van der Waals surface area contributed by atoms with Crippen molar-refractivity contribution in [1.82, 2.24) is 5.01 Å². The third-order valence-corrected chi connectivity index (χ3v) is 6.80. The van der Waals surface area contributed by atoms with E-state index in [1.165, 1.54) is 5.01 Å². The maximum absolute atomic E-state index is 13.4. The summed E-state index contributed by atoms with van der Waals surface area (Å²) in [5.41, 5.74) is 3.55. The molecule has 3 aromatic carbocycles. The first-order valence-electron chi connectivity index (χ1n) is 10.6. The Morgan fingerprint density at radius 3 is 2.45 bits per heavy atom. The number of hydrogen-bond acceptors (Lipinski definition) is 5. The Hall–Kier alpha value is -3.65. The topological polar surface area (TPSA) is 88.1 Å². The van der Waals surface area contributed by atoms with Gasteiger partial charge in [-0.2, -0.15) is 5.10 Å². The van der Waals surface area contributed by atoms with E-state index in [1.807, 2.05) is 42.5 Å². The summed E-state index contributed by atoms with van der Waals surface area (Å²) in [5, 5.41) is 6.21. The number of carbonyl (C=O) groups is 1. The molecule has 33 heavy (non-hydrogen) atoms. The van der Waals surface area contributed by atoms with Crippen LogP contribution in [0.4, 0.5) is 5.69 Å². The summed E-state index contributed by atoms with van der Waals surface area (Å²) in [6.45, 7) is 1.58. The van der Waals surface area contributed by atoms with Crippen molar-refractivity contribution in [2.45, 2.75) is 19.4 Å². The second-order valence-electron chi connectivity index (χ2n) is 7.64. The molecule has 1 amide bonds. The Morgan fingerprint density at radius 2 is 1.79 bits per heavy atom. The quantitative estimate of drug-likeness (QED) is 0.561. The van der Waals surface area contributed by atoms with Gasteiger partial charge in [-0.05, 0) is 48.4 Å². The van der Waals surface area contributed by atoms with E-state index in [9.17, 15) is 13.2 Å². The number of anilines is 1. The number of hydrogen-bond donors (Lipinski definition) is 1. The van der Waals surface area contributed by atoms with E-state index in [1.54, 1.807) is 50.4 Å². The van der Waals surface area contributed by atoms with Gasteiger partial charge in [-0.1, -0.05) is 48.5 Å². The Morgan fingerprint density at radius 1 is 1.06 bits per heavy atom. The summed E-state index contributed by atoms with van der Waals surface area (Å²) >= 11 is 0. The Labute approximate surface area is 193 Å². The normalized spacial score (nSPS) is 15.8. The average Bonchev–Trinajstić information content (AvgIpc) is 3.30. The number of methoxy groups -OCH3 is 1. The fourth-order valence-corrected chi connectivity index (χ4v) is 4.32. The monoisotopic (exact) mass is 463 g/mol. The largest absolute Gasteiger partial charge is 0.497 e. The van der Waals surface area contributed by atoms with Gasteiger partial charge in [0.15, 0.2) is 0 Å². The molecule has 1 aliphatic heterocycles. The maximum Gasteiger partial charge on any atom is 0.274 e. The van der Waals surface area contributed by atoms with Crippen molar-refractivity contribution in [3.8, 4) is 5.75 Å². The molecule has 1 atom stereocenters. The van der Waals surface area contributed by atoms with Crippen molar-refractivity contribution in [3.05, 3.63) is 95.6 Å². The van der Waals surface area contributed by atoms with Crippen LogP contribution in [0.5, 0.6) is 5.75 Å². The number of rotatable bonds is 7. The van der Waals surface area contributed by atoms with Crippen molar-refractivity contribution in [2.24, 2.45) is 5.10 Å². The molecule has 1 heterocycles. The molecule has 170 valence electrons. The number of amides is 1. The standard InChI is InChI=1S/C25H25N3O4S/c1-3-33(30,31)27-21-14-12-18(13-15-21)23-17-24(19-8-5-4-6-9-19)28(26-23)25(29)20-10-7-11-22(16-20)32-2/h4-16,24,27H,3,17H2,1-2H3/t24-/m1/s1. The van der Waals surface area contributed by atoms with Crippen LogP contribution in [0.3, 0.4) is 0 Å². The summed E-state index contributed by atoms with van der Waals surface area (Å²) in [6.07, 6.45) is 0.541. The lowest BCUT2D eigenvalue weighted by Crippen LogP contribution is -2.27. The van der Waals surface area contributed by atoms with E-state index in [2.05, 4.69) is 9.82 Å². The van der Waals surface area contributed by atoms with Crippen LogP contribution in [0.25, 0.3) is 0 Å². The van der Waals surface area contributed by atoms with Gasteiger partial charge in [0.25, 0.3) is 5.91 Å². The number of hydrazone groups is 1. The summed E-state index contributed by atoms with van der Waals surface area (Å²) in [7, 11) is -1.79. The second kappa shape index (κ2) is 9.46. The van der Waals surface area contributed by atoms with E-state index in [0.29, 0.717) is 23.4 Å². The smallest absolute Gasteiger partial charge is 0.274 e. The highest BCUT2D eigenvalue weighted by Crippen LogP contribution is 2.34. The molecule has 1 N–H and O–H groups in total. The second-order valence-corrected chi connectivity index (χ2v) is 9.65. The zero-order valence-corrected chi connectivity index (χ0v) is 19.2. The molecular weight excluding hydrogens is 438 g/mol. The lowest BCUT2D eigenvalue weighted by molar-refractivity contribution is 0.0711. The molecule has 7 nitrogen and oxygen atoms in total. The Kier molecular flexibility index (Phi) is 6.46. The molecule has 8 heteroatoms. The molecule has 0 radical (unpaired) electrons. The SMILES string of the molecule is CCS(=O)(=O)Nc1ccc(C2=NN(C(=O)c3cccc(OC)c3)[C@@H](c3ccccc3)C2)cc1. The number of ether oxygens (including phenoxy) is 1. The molecule has 1 aliphatic rings. The van der Waals surface area contributed by atoms with E-state index in [0.717, 1.165) is 16.8 Å². The Balaban J connectivity index is 1.66. The third kappa shape index (κ3) is 5.06. The number of benzene rings is 3. The minimum absolute atomic E-state index is 0.00155. The summed E-state index contributed by atoms with van der Waals surface area (Å²) in [6, 6.07) is 23.6. The van der Waals surface area contributed by atoms with Gasteiger partial charge in [0, 0.05) is 17.7 Å². The minimum atomic E-state index is -3.35. The number of nitrogens with zero attached hydrogens (tertiary/aromatic N) is 2. The van der Waals surface area contributed by atoms with Crippen molar-refractivity contribution in [3.63, 3.8) is 0 Å². The fraction of sp³-hybridized carbons (Fsp3) is 0.200. The molecule has 0 saturated heterocycles. The van der Waals surface area contributed by atoms with Gasteiger partial charge < -0.3 is 4.74 Å². The molecule has 0 aromatic heterocycles. The van der Waals surface area contributed by atoms with E-state index < -0.39 is 10.0 Å². The van der Waals surface area contributed by atoms with Crippen LogP contribution in [0.15, 0.2) is 84.0 Å². The average molecular weight is 464 g/mol. The predicted octanol–water partition coefficient (Wildman–Crippen LogP) is 4.45. The highest BCUT2D eigenvalue weighted by molar-refractivity contribution is 7.92. The zero-order valence-electron chi connectivity index (χ0n) is 18.4. The van der Waals surface area contributed by atoms with Gasteiger partial charge in [0.1, 0.15) is 5.75 Å². The molecule has 0 bridgehead atoms. The van der Waals surface area contributed by atoms with Crippen molar-refractivity contribution in [1.29, 1.82) is 0 Å². The van der Waals surface area contributed by atoms with Crippen LogP contribution in [-0.4, -0.2) is 37.9 Å². The number of carbonyl (C=O) groups excluding carboxylic acids is 1. The molecule has 0 aliphatic carbocycles. The van der Waals surface area contributed by atoms with Crippen LogP contribution in [-0.2, 0) is 10.0 Å². The minimum Gasteiger partial charge on any atom is -0.497 e. The van der Waals surface area contributed by atoms with Crippen LogP contribution < -0.4 is 9.46 Å². The first kappa shape index (κ1) is 22.5. The van der Waals surface area contributed by atoms with Gasteiger partial charge in [-0.25, -0.2) is 13.4 Å². The van der Waals surface area contributed by atoms with Crippen LogP contribution in [0.2, 0.25) is 0 Å². The highest BCUT2D eigenvalue weighted by Gasteiger charge is 2.33. The molecule has 3 aromatic rings. The van der Waals surface area contributed by atoms with Crippen LogP contribution in [0.1, 0.15) is 40.9 Å². The van der Waals surface area contributed by atoms with Crippen molar-refractivity contribution in [2.75, 3.05) is 17.6 Å². The molecule has 4 rings (SSSR count). The summed E-state index contributed by atoms with van der Waals surface area (Å²) in [5.74, 6) is 0.386. The number of nitrogens with one attached hydrogen (secondary N) is 1. The fourth-order valence-electron chi connectivity index (χ4n) is 3.68. The number of sulfonamides is 1. The van der Waals surface area contributed by atoms with E-state index in [4.69, 9.17) is 4.74 Å². The van der Waals surface area contributed by atoms with E-state index >= 15 is 0 Å². The first-order valence-corrected chi connectivity index (χ1v) is 12.3. The van der Waals surface area contributed by atoms with Crippen LogP contribution >= 0.6 is 0 Å². The van der Waals surface area contributed by atoms with E-state index in [-0.39, 0.29) is 17.7 Å². The van der Waals surface area contributed by atoms with Gasteiger partial charge in [0.2, 0.25) is 10.0 Å².